The quantitative estimate of drug-likeness (QED) is 0.389. The molecule has 0 amide bonds. The van der Waals surface area contributed by atoms with Gasteiger partial charge in [-0.3, -0.25) is 10.3 Å². The van der Waals surface area contributed by atoms with Crippen LogP contribution in [0.25, 0.3) is 11.1 Å². The Labute approximate surface area is 152 Å². The fourth-order valence-corrected chi connectivity index (χ4v) is 2.70. The van der Waals surface area contributed by atoms with Gasteiger partial charge < -0.3 is 0 Å². The van der Waals surface area contributed by atoms with Gasteiger partial charge in [-0.15, -0.1) is 0 Å². The Hall–Kier alpha value is -2.06. The first-order valence-electron chi connectivity index (χ1n) is 9.40. The van der Waals surface area contributed by atoms with E-state index in [2.05, 4.69) is 74.4 Å². The van der Waals surface area contributed by atoms with Crippen LogP contribution < -0.4 is 5.48 Å². The van der Waals surface area contributed by atoms with E-state index in [1.54, 1.807) is 0 Å². The summed E-state index contributed by atoms with van der Waals surface area (Å²) < 4.78 is 0. The summed E-state index contributed by atoms with van der Waals surface area (Å²) in [6.07, 6.45) is 6.60. The molecule has 0 fully saturated rings. The molecule has 0 spiro atoms. The van der Waals surface area contributed by atoms with Gasteiger partial charge in [0.05, 0.1) is 6.61 Å². The minimum Gasteiger partial charge on any atom is -0.276 e. The van der Waals surface area contributed by atoms with Crippen molar-refractivity contribution in [3.05, 3.63) is 71.9 Å². The van der Waals surface area contributed by atoms with Gasteiger partial charge in [-0.05, 0) is 55.7 Å². The van der Waals surface area contributed by atoms with Crippen molar-refractivity contribution in [3.8, 4) is 11.1 Å². The maximum absolute atomic E-state index is 5.36. The summed E-state index contributed by atoms with van der Waals surface area (Å²) >= 11 is 0. The minimum absolute atomic E-state index is 0.753. The molecular weight excluding hydrogens is 306 g/mol. The van der Waals surface area contributed by atoms with Gasteiger partial charge in [0, 0.05) is 5.70 Å². The second kappa shape index (κ2) is 10.7. The monoisotopic (exact) mass is 337 g/mol. The number of hydrogen-bond donors (Lipinski definition) is 1. The summed E-state index contributed by atoms with van der Waals surface area (Å²) in [7, 11) is 0. The molecule has 0 saturated carbocycles. The van der Waals surface area contributed by atoms with E-state index in [9.17, 15) is 0 Å². The van der Waals surface area contributed by atoms with E-state index in [1.165, 1.54) is 28.7 Å². The number of hydrogen-bond acceptors (Lipinski definition) is 2. The zero-order valence-corrected chi connectivity index (χ0v) is 15.7. The number of hydroxylamine groups is 1. The molecule has 2 rings (SSSR count). The lowest BCUT2D eigenvalue weighted by Gasteiger charge is -2.09. The molecule has 0 aromatic heterocycles. The molecule has 0 aliphatic heterocycles. The summed E-state index contributed by atoms with van der Waals surface area (Å²) in [4.78, 5) is 5.36. The zero-order chi connectivity index (χ0) is 17.9. The van der Waals surface area contributed by atoms with Crippen LogP contribution in [-0.2, 0) is 11.3 Å². The van der Waals surface area contributed by atoms with Crippen molar-refractivity contribution in [1.82, 2.24) is 5.48 Å². The third-order valence-electron chi connectivity index (χ3n) is 4.35. The topological polar surface area (TPSA) is 21.3 Å². The molecule has 0 aliphatic rings. The fraction of sp³-hybridized carbons (Fsp3) is 0.391. The predicted molar refractivity (Wildman–Crippen MR) is 107 cm³/mol. The van der Waals surface area contributed by atoms with Crippen LogP contribution in [0.3, 0.4) is 0 Å². The van der Waals surface area contributed by atoms with Crippen LogP contribution in [0, 0.1) is 6.92 Å². The molecule has 2 aromatic carbocycles. The third kappa shape index (κ3) is 7.15. The molecule has 2 aromatic rings. The van der Waals surface area contributed by atoms with Gasteiger partial charge >= 0.3 is 0 Å². The molecule has 134 valence electrons. The summed E-state index contributed by atoms with van der Waals surface area (Å²) in [6, 6.07) is 17.6. The molecule has 2 nitrogen and oxygen atoms in total. The lowest BCUT2D eigenvalue weighted by Crippen LogP contribution is -2.14. The van der Waals surface area contributed by atoms with Gasteiger partial charge in [0.2, 0.25) is 0 Å². The number of rotatable bonds is 11. The Morgan fingerprint density at radius 1 is 0.920 bits per heavy atom. The van der Waals surface area contributed by atoms with Crippen LogP contribution in [0.1, 0.15) is 50.2 Å². The van der Waals surface area contributed by atoms with Crippen LogP contribution in [0.2, 0.25) is 0 Å². The average Bonchev–Trinajstić information content (AvgIpc) is 2.64. The summed E-state index contributed by atoms with van der Waals surface area (Å²) in [5, 5.41) is 0. The van der Waals surface area contributed by atoms with E-state index in [4.69, 9.17) is 4.84 Å². The number of allylic oxidation sites excluding steroid dienone is 1. The summed E-state index contributed by atoms with van der Waals surface area (Å²) in [6.45, 7) is 9.04. The normalized spacial score (nSPS) is 10.6. The van der Waals surface area contributed by atoms with Crippen LogP contribution in [0.4, 0.5) is 0 Å². The van der Waals surface area contributed by atoms with Gasteiger partial charge in [0.1, 0.15) is 0 Å². The first kappa shape index (κ1) is 19.3. The highest BCUT2D eigenvalue weighted by molar-refractivity contribution is 5.63. The molecule has 0 atom stereocenters. The molecule has 0 aliphatic carbocycles. The highest BCUT2D eigenvalue weighted by Gasteiger charge is 2.00. The van der Waals surface area contributed by atoms with Crippen molar-refractivity contribution < 1.29 is 4.84 Å². The highest BCUT2D eigenvalue weighted by atomic mass is 16.6. The Morgan fingerprint density at radius 2 is 1.56 bits per heavy atom. The number of nitrogens with one attached hydrogen (secondary N) is 1. The summed E-state index contributed by atoms with van der Waals surface area (Å²) in [5.41, 5.74) is 9.19. The van der Waals surface area contributed by atoms with Crippen LogP contribution in [0.15, 0.2) is 60.8 Å². The van der Waals surface area contributed by atoms with Crippen molar-refractivity contribution >= 4 is 0 Å². The van der Waals surface area contributed by atoms with Crippen molar-refractivity contribution in [2.45, 2.75) is 52.4 Å². The largest absolute Gasteiger partial charge is 0.276 e. The van der Waals surface area contributed by atoms with E-state index in [0.717, 1.165) is 44.4 Å². The predicted octanol–water partition coefficient (Wildman–Crippen LogP) is 6.21. The minimum atomic E-state index is 0.753. The molecule has 0 unspecified atom stereocenters. The maximum atomic E-state index is 5.36. The van der Waals surface area contributed by atoms with Gasteiger partial charge in [-0.2, -0.15) is 0 Å². The second-order valence-electron chi connectivity index (χ2n) is 6.68. The van der Waals surface area contributed by atoms with Gasteiger partial charge in [-0.25, -0.2) is 0 Å². The lowest BCUT2D eigenvalue weighted by molar-refractivity contribution is 0.0585. The Kier molecular flexibility index (Phi) is 8.27. The van der Waals surface area contributed by atoms with Crippen LogP contribution in [0.5, 0.6) is 0 Å². The van der Waals surface area contributed by atoms with Crippen molar-refractivity contribution in [2.75, 3.05) is 6.61 Å². The van der Waals surface area contributed by atoms with Crippen molar-refractivity contribution in [2.24, 2.45) is 0 Å². The molecular formula is C23H31NO. The van der Waals surface area contributed by atoms with E-state index < -0.39 is 0 Å². The SMILES string of the molecule is C=C(CCCCc1ccc(-c2ccc(C)cc2)cc1)NOCCCC. The first-order chi connectivity index (χ1) is 12.2. The fourth-order valence-electron chi connectivity index (χ4n) is 2.70. The zero-order valence-electron chi connectivity index (χ0n) is 15.7. The Morgan fingerprint density at radius 3 is 2.20 bits per heavy atom. The molecule has 0 radical (unpaired) electrons. The van der Waals surface area contributed by atoms with E-state index >= 15 is 0 Å². The van der Waals surface area contributed by atoms with Gasteiger partial charge in [0.15, 0.2) is 0 Å². The van der Waals surface area contributed by atoms with Gasteiger partial charge in [-0.1, -0.05) is 74.0 Å². The van der Waals surface area contributed by atoms with Crippen molar-refractivity contribution in [1.29, 1.82) is 0 Å². The van der Waals surface area contributed by atoms with E-state index in [1.807, 2.05) is 0 Å². The third-order valence-corrected chi connectivity index (χ3v) is 4.35. The first-order valence-corrected chi connectivity index (χ1v) is 9.40. The van der Waals surface area contributed by atoms with E-state index in [-0.39, 0.29) is 0 Å². The average molecular weight is 338 g/mol. The standard InChI is InChI=1S/C23H31NO/c1-4-5-18-25-24-20(3)8-6-7-9-21-12-16-23(17-13-21)22-14-10-19(2)11-15-22/h10-17,24H,3-9,18H2,1-2H3. The lowest BCUT2D eigenvalue weighted by atomic mass is 10.0. The Balaban J connectivity index is 1.68. The second-order valence-corrected chi connectivity index (χ2v) is 6.68. The van der Waals surface area contributed by atoms with E-state index in [0.29, 0.717) is 0 Å². The van der Waals surface area contributed by atoms with Crippen molar-refractivity contribution in [3.63, 3.8) is 0 Å². The summed E-state index contributed by atoms with van der Waals surface area (Å²) in [5.74, 6) is 0. The van der Waals surface area contributed by atoms with Gasteiger partial charge in [0.25, 0.3) is 0 Å². The smallest absolute Gasteiger partial charge is 0.0745 e. The maximum Gasteiger partial charge on any atom is 0.0745 e. The molecule has 2 heteroatoms. The molecule has 0 saturated heterocycles. The number of aryl methyl sites for hydroxylation is 2. The number of benzene rings is 2. The molecule has 0 bridgehead atoms. The Bertz CT molecular complexity index is 628. The molecule has 0 heterocycles. The highest BCUT2D eigenvalue weighted by Crippen LogP contribution is 2.21. The van der Waals surface area contributed by atoms with Crippen LogP contribution in [-0.4, -0.2) is 6.61 Å². The molecule has 1 N–H and O–H groups in total. The molecule has 25 heavy (non-hydrogen) atoms. The number of unbranched alkanes of at least 4 members (excludes halogenated alkanes) is 2. The van der Waals surface area contributed by atoms with Crippen LogP contribution >= 0.6 is 0 Å².